The van der Waals surface area contributed by atoms with E-state index in [2.05, 4.69) is 289 Å². The van der Waals surface area contributed by atoms with Crippen LogP contribution in [0.1, 0.15) is 220 Å². The molecule has 3 aliphatic rings. The largest absolute Gasteiger partial charge is 0.310 e. The van der Waals surface area contributed by atoms with Gasteiger partial charge in [0.2, 0.25) is 0 Å². The first-order valence-electron chi connectivity index (χ1n) is 33.1. The van der Waals surface area contributed by atoms with Crippen molar-refractivity contribution < 1.29 is 0 Å². The Labute approximate surface area is 514 Å². The van der Waals surface area contributed by atoms with Gasteiger partial charge in [0.25, 0.3) is 0 Å². The van der Waals surface area contributed by atoms with E-state index >= 15 is 0 Å². The fraction of sp³-hybridized carbons (Fsp3) is 0.422. The van der Waals surface area contributed by atoms with E-state index in [4.69, 9.17) is 0 Å². The molecule has 2 nitrogen and oxygen atoms in total. The third-order valence-corrected chi connectivity index (χ3v) is 23.7. The van der Waals surface area contributed by atoms with Crippen molar-refractivity contribution in [1.29, 1.82) is 0 Å². The first kappa shape index (κ1) is 60.1. The van der Waals surface area contributed by atoms with Crippen LogP contribution >= 0.6 is 0 Å². The lowest BCUT2D eigenvalue weighted by Gasteiger charge is -2.44. The van der Waals surface area contributed by atoms with Gasteiger partial charge in [0.05, 0.1) is 11.4 Å². The van der Waals surface area contributed by atoms with Gasteiger partial charge in [-0.3, -0.25) is 0 Å². The van der Waals surface area contributed by atoms with Crippen LogP contribution in [0.5, 0.6) is 0 Å². The minimum absolute atomic E-state index is 0.00371. The molecule has 0 spiro atoms. The standard InChI is InChI=1S/C83H100N2/c1-15-17-19-21-23-35-53-83(54-36-24-22-20-18-16-2)71-57-63(84(61-37-27-25-28-38-61)75-43-33-31-41-65(75)59-45-51-69-73(55-59)79(7,8)81(11,12)77(69,3)4)47-49-67(71)68-50-48-64(58-72(68)83)85(62-39-29-26-30-40-62)76-44-34-32-42-66(76)60-46-52-70-74(56-60)80(9,10)82(13,14)78(70,5)6/h25-34,37-52,55-58H,15-24,35-36,53-54H2,1-14H3. The van der Waals surface area contributed by atoms with Gasteiger partial charge < -0.3 is 9.80 Å². The summed E-state index contributed by atoms with van der Waals surface area (Å²) in [5.41, 5.74) is 24.0. The van der Waals surface area contributed by atoms with Crippen molar-refractivity contribution in [2.45, 2.75) is 214 Å². The molecule has 3 aliphatic carbocycles. The zero-order chi connectivity index (χ0) is 60.2. The molecule has 2 heteroatoms. The third-order valence-electron chi connectivity index (χ3n) is 23.7. The lowest BCUT2D eigenvalue weighted by atomic mass is 9.59. The summed E-state index contributed by atoms with van der Waals surface area (Å²) >= 11 is 0. The second kappa shape index (κ2) is 23.2. The average Bonchev–Trinajstić information content (AvgIpc) is 1.59. The van der Waals surface area contributed by atoms with Crippen molar-refractivity contribution in [3.8, 4) is 33.4 Å². The van der Waals surface area contributed by atoms with E-state index in [0.717, 1.165) is 12.8 Å². The van der Waals surface area contributed by atoms with Crippen molar-refractivity contribution in [2.24, 2.45) is 10.8 Å². The molecule has 85 heavy (non-hydrogen) atoms. The Balaban J connectivity index is 1.09. The van der Waals surface area contributed by atoms with Crippen molar-refractivity contribution in [2.75, 3.05) is 9.80 Å². The van der Waals surface area contributed by atoms with Gasteiger partial charge in [-0.1, -0.05) is 295 Å². The van der Waals surface area contributed by atoms with Crippen molar-refractivity contribution in [3.63, 3.8) is 0 Å². The van der Waals surface area contributed by atoms with Gasteiger partial charge in [-0.2, -0.15) is 0 Å². The van der Waals surface area contributed by atoms with Crippen LogP contribution in [0, 0.1) is 10.8 Å². The summed E-state index contributed by atoms with van der Waals surface area (Å²) in [6.07, 6.45) is 17.5. The summed E-state index contributed by atoms with van der Waals surface area (Å²) in [6.45, 7) is 34.2. The number of benzene rings is 8. The molecular weight excluding hydrogens is 1020 g/mol. The highest BCUT2D eigenvalue weighted by Crippen LogP contribution is 2.64. The highest BCUT2D eigenvalue weighted by atomic mass is 15.2. The smallest absolute Gasteiger partial charge is 0.0540 e. The first-order chi connectivity index (χ1) is 40.7. The van der Waals surface area contributed by atoms with Crippen LogP contribution in [0.3, 0.4) is 0 Å². The molecule has 0 bridgehead atoms. The fourth-order valence-corrected chi connectivity index (χ4v) is 16.1. The maximum absolute atomic E-state index is 2.66. The van der Waals surface area contributed by atoms with Gasteiger partial charge in [0.15, 0.2) is 0 Å². The van der Waals surface area contributed by atoms with Crippen LogP contribution in [0.15, 0.2) is 182 Å². The van der Waals surface area contributed by atoms with Crippen molar-refractivity contribution in [3.05, 3.63) is 215 Å². The Morgan fingerprint density at radius 3 is 1.00 bits per heavy atom. The summed E-state index contributed by atoms with van der Waals surface area (Å²) in [7, 11) is 0. The lowest BCUT2D eigenvalue weighted by Crippen LogP contribution is -2.42. The van der Waals surface area contributed by atoms with E-state index in [1.807, 2.05) is 0 Å². The molecule has 0 amide bonds. The Hall–Kier alpha value is -6.64. The third kappa shape index (κ3) is 10.0. The van der Waals surface area contributed by atoms with Gasteiger partial charge in [0, 0.05) is 39.3 Å². The normalized spacial score (nSPS) is 17.4. The molecule has 0 radical (unpaired) electrons. The molecule has 0 unspecified atom stereocenters. The maximum atomic E-state index is 2.66. The molecule has 0 heterocycles. The zero-order valence-electron chi connectivity index (χ0n) is 54.6. The molecule has 0 aromatic heterocycles. The fourth-order valence-electron chi connectivity index (χ4n) is 16.1. The van der Waals surface area contributed by atoms with Gasteiger partial charge in [-0.05, 0) is 162 Å². The SMILES string of the molecule is CCCCCCCCC1(CCCCCCCC)c2cc(N(c3ccccc3)c3ccccc3-c3ccc4c(c3)C(C)(C)C(C)(C)C4(C)C)ccc2-c2ccc(N(c3ccccc3)c3ccccc3-c3ccc4c(c3)C(C)(C)C(C)(C)C4(C)C)cc21. The lowest BCUT2D eigenvalue weighted by molar-refractivity contribution is 0.125. The predicted octanol–water partition coefficient (Wildman–Crippen LogP) is 24.9. The second-order valence-electron chi connectivity index (χ2n) is 29.2. The average molecular weight is 1130 g/mol. The summed E-state index contributed by atoms with van der Waals surface area (Å²) < 4.78 is 0. The Kier molecular flexibility index (Phi) is 16.4. The maximum Gasteiger partial charge on any atom is 0.0540 e. The minimum Gasteiger partial charge on any atom is -0.310 e. The molecule has 0 saturated carbocycles. The molecule has 0 aliphatic heterocycles. The van der Waals surface area contributed by atoms with Crippen LogP contribution < -0.4 is 9.80 Å². The summed E-state index contributed by atoms with van der Waals surface area (Å²) in [6, 6.07) is 70.8. The number of anilines is 6. The van der Waals surface area contributed by atoms with Gasteiger partial charge in [0.1, 0.15) is 0 Å². The van der Waals surface area contributed by atoms with Gasteiger partial charge >= 0.3 is 0 Å². The van der Waals surface area contributed by atoms with Crippen LogP contribution in [-0.2, 0) is 27.1 Å². The van der Waals surface area contributed by atoms with Crippen LogP contribution in [0.4, 0.5) is 34.1 Å². The monoisotopic (exact) mass is 1120 g/mol. The van der Waals surface area contributed by atoms with E-state index in [-0.39, 0.29) is 37.9 Å². The Morgan fingerprint density at radius 1 is 0.271 bits per heavy atom. The van der Waals surface area contributed by atoms with Crippen LogP contribution in [0.2, 0.25) is 0 Å². The van der Waals surface area contributed by atoms with Crippen molar-refractivity contribution >= 4 is 34.1 Å². The molecule has 442 valence electrons. The number of hydrogen-bond donors (Lipinski definition) is 0. The van der Waals surface area contributed by atoms with E-state index in [1.54, 1.807) is 0 Å². The van der Waals surface area contributed by atoms with Crippen LogP contribution in [0.25, 0.3) is 33.4 Å². The van der Waals surface area contributed by atoms with E-state index in [0.29, 0.717) is 0 Å². The summed E-state index contributed by atoms with van der Waals surface area (Å²) in [4.78, 5) is 5.15. The highest BCUT2D eigenvalue weighted by Gasteiger charge is 2.58. The number of nitrogens with zero attached hydrogens (tertiary/aromatic N) is 2. The van der Waals surface area contributed by atoms with Gasteiger partial charge in [-0.25, -0.2) is 0 Å². The first-order valence-corrected chi connectivity index (χ1v) is 33.1. The number of rotatable bonds is 22. The molecule has 0 atom stereocenters. The van der Waals surface area contributed by atoms with E-state index < -0.39 is 0 Å². The molecule has 8 aromatic rings. The minimum atomic E-state index is -0.188. The van der Waals surface area contributed by atoms with E-state index in [1.165, 1.54) is 178 Å². The van der Waals surface area contributed by atoms with Crippen LogP contribution in [-0.4, -0.2) is 0 Å². The molecular formula is C83H100N2. The number of unbranched alkanes of at least 4 members (excludes halogenated alkanes) is 10. The number of fused-ring (bicyclic) bond motifs is 5. The highest BCUT2D eigenvalue weighted by molar-refractivity contribution is 5.94. The molecule has 0 N–H and O–H groups in total. The second-order valence-corrected chi connectivity index (χ2v) is 29.2. The predicted molar refractivity (Wildman–Crippen MR) is 369 cm³/mol. The topological polar surface area (TPSA) is 6.48 Å². The van der Waals surface area contributed by atoms with Crippen molar-refractivity contribution in [1.82, 2.24) is 0 Å². The Morgan fingerprint density at radius 2 is 0.612 bits per heavy atom. The summed E-state index contributed by atoms with van der Waals surface area (Å²) in [5.74, 6) is 0. The molecule has 11 rings (SSSR count). The molecule has 0 saturated heterocycles. The quantitative estimate of drug-likeness (QED) is 0.0624. The molecule has 0 fully saturated rings. The zero-order valence-corrected chi connectivity index (χ0v) is 54.6. The number of para-hydroxylation sites is 4. The summed E-state index contributed by atoms with van der Waals surface area (Å²) in [5, 5.41) is 0. The molecule has 8 aromatic carbocycles. The Bertz CT molecular complexity index is 3420. The van der Waals surface area contributed by atoms with Gasteiger partial charge in [-0.15, -0.1) is 0 Å². The van der Waals surface area contributed by atoms with E-state index in [9.17, 15) is 0 Å². The number of hydrogen-bond acceptors (Lipinski definition) is 2.